The molecule has 6 nitrogen and oxygen atoms in total. The lowest BCUT2D eigenvalue weighted by molar-refractivity contribution is -0.125. The number of nitrogens with one attached hydrogen (secondary N) is 1. The van der Waals surface area contributed by atoms with Gasteiger partial charge >= 0.3 is 5.97 Å². The molecular formula is C14H13N3O3S. The third-order valence-electron chi connectivity index (χ3n) is 3.18. The van der Waals surface area contributed by atoms with Gasteiger partial charge in [-0.15, -0.1) is 10.2 Å². The summed E-state index contributed by atoms with van der Waals surface area (Å²) in [5, 5.41) is 11.7. The Morgan fingerprint density at radius 3 is 3.00 bits per heavy atom. The summed E-state index contributed by atoms with van der Waals surface area (Å²) in [5.41, 5.74) is 1.34. The van der Waals surface area contributed by atoms with Crippen molar-refractivity contribution in [2.45, 2.75) is 25.9 Å². The summed E-state index contributed by atoms with van der Waals surface area (Å²) in [6.07, 6.45) is 0.299. The molecule has 1 amide bonds. The van der Waals surface area contributed by atoms with Crippen LogP contribution in [0.25, 0.3) is 0 Å². The molecule has 0 fully saturated rings. The van der Waals surface area contributed by atoms with E-state index in [1.165, 1.54) is 11.3 Å². The molecule has 1 aliphatic rings. The van der Waals surface area contributed by atoms with Crippen molar-refractivity contribution in [1.82, 2.24) is 10.2 Å². The third kappa shape index (κ3) is 2.78. The first-order valence-corrected chi connectivity index (χ1v) is 7.41. The normalized spacial score (nSPS) is 17.0. The molecule has 0 spiro atoms. The number of hydrogen-bond donors (Lipinski definition) is 1. The molecule has 21 heavy (non-hydrogen) atoms. The molecule has 2 heterocycles. The van der Waals surface area contributed by atoms with Gasteiger partial charge in [-0.3, -0.25) is 10.1 Å². The number of esters is 1. The average molecular weight is 303 g/mol. The zero-order valence-corrected chi connectivity index (χ0v) is 12.1. The second-order valence-corrected chi connectivity index (χ2v) is 5.66. The maximum atomic E-state index is 12.2. The Morgan fingerprint density at radius 1 is 1.43 bits per heavy atom. The molecule has 3 rings (SSSR count). The van der Waals surface area contributed by atoms with Crippen molar-refractivity contribution in [3.05, 3.63) is 40.4 Å². The van der Waals surface area contributed by atoms with Crippen molar-refractivity contribution < 1.29 is 14.3 Å². The fraction of sp³-hybridized carbons (Fsp3) is 0.286. The van der Waals surface area contributed by atoms with Gasteiger partial charge in [-0.1, -0.05) is 36.5 Å². The van der Waals surface area contributed by atoms with E-state index in [4.69, 9.17) is 4.74 Å². The summed E-state index contributed by atoms with van der Waals surface area (Å²) in [4.78, 5) is 24.0. The predicted molar refractivity (Wildman–Crippen MR) is 77.3 cm³/mol. The number of benzene rings is 1. The van der Waals surface area contributed by atoms with Gasteiger partial charge in [0.15, 0.2) is 6.10 Å². The number of rotatable bonds is 3. The zero-order valence-electron chi connectivity index (χ0n) is 11.3. The van der Waals surface area contributed by atoms with E-state index in [0.717, 1.165) is 17.0 Å². The Bertz CT molecular complexity index is 698. The monoisotopic (exact) mass is 303 g/mol. The van der Waals surface area contributed by atoms with Crippen molar-refractivity contribution in [2.75, 3.05) is 5.32 Å². The molecule has 0 saturated heterocycles. The van der Waals surface area contributed by atoms with Gasteiger partial charge in [0.25, 0.3) is 5.91 Å². The molecule has 7 heteroatoms. The highest BCUT2D eigenvalue weighted by atomic mass is 32.1. The van der Waals surface area contributed by atoms with Crippen LogP contribution in [0, 0.1) is 0 Å². The van der Waals surface area contributed by atoms with Crippen LogP contribution in [0.15, 0.2) is 24.3 Å². The average Bonchev–Trinajstić information content (AvgIpc) is 2.95. The van der Waals surface area contributed by atoms with Crippen LogP contribution in [0.2, 0.25) is 0 Å². The quantitative estimate of drug-likeness (QED) is 0.875. The second kappa shape index (κ2) is 5.61. The van der Waals surface area contributed by atoms with Crippen molar-refractivity contribution in [1.29, 1.82) is 0 Å². The first-order valence-electron chi connectivity index (χ1n) is 6.59. The maximum absolute atomic E-state index is 12.2. The minimum absolute atomic E-state index is 0.368. The Kier molecular flexibility index (Phi) is 3.66. The molecule has 2 aromatic rings. The highest BCUT2D eigenvalue weighted by molar-refractivity contribution is 7.15. The van der Waals surface area contributed by atoms with E-state index in [-0.39, 0.29) is 5.91 Å². The largest absolute Gasteiger partial charge is 0.448 e. The van der Waals surface area contributed by atoms with Crippen LogP contribution in [0.3, 0.4) is 0 Å². The first-order chi connectivity index (χ1) is 10.2. The van der Waals surface area contributed by atoms with E-state index in [2.05, 4.69) is 15.5 Å². The number of nitrogens with zero attached hydrogens (tertiary/aromatic N) is 2. The first kappa shape index (κ1) is 13.7. The maximum Gasteiger partial charge on any atom is 0.339 e. The van der Waals surface area contributed by atoms with Gasteiger partial charge in [0.1, 0.15) is 5.01 Å². The zero-order chi connectivity index (χ0) is 14.8. The van der Waals surface area contributed by atoms with Gasteiger partial charge in [0, 0.05) is 6.42 Å². The van der Waals surface area contributed by atoms with Crippen LogP contribution >= 0.6 is 11.3 Å². The molecule has 1 aromatic carbocycles. The molecule has 1 N–H and O–H groups in total. The summed E-state index contributed by atoms with van der Waals surface area (Å²) in [5.74, 6) is -0.847. The molecule has 0 aliphatic carbocycles. The van der Waals surface area contributed by atoms with Gasteiger partial charge in [0.05, 0.1) is 5.56 Å². The Balaban J connectivity index is 1.73. The lowest BCUT2D eigenvalue weighted by atomic mass is 9.98. The number of anilines is 1. The molecule has 1 atom stereocenters. The Morgan fingerprint density at radius 2 is 2.24 bits per heavy atom. The minimum Gasteiger partial charge on any atom is -0.448 e. The number of carbonyl (C=O) groups excluding carboxylic acids is 2. The van der Waals surface area contributed by atoms with Gasteiger partial charge in [0.2, 0.25) is 5.13 Å². The van der Waals surface area contributed by atoms with Gasteiger partial charge in [-0.05, 0) is 18.1 Å². The van der Waals surface area contributed by atoms with E-state index in [9.17, 15) is 9.59 Å². The minimum atomic E-state index is -0.832. The van der Waals surface area contributed by atoms with Crippen molar-refractivity contribution in [3.63, 3.8) is 0 Å². The van der Waals surface area contributed by atoms with Crippen LogP contribution < -0.4 is 5.32 Å². The molecule has 0 saturated carbocycles. The number of amides is 1. The molecule has 0 bridgehead atoms. The van der Waals surface area contributed by atoms with Crippen molar-refractivity contribution in [3.8, 4) is 0 Å². The number of ether oxygens (including phenoxy) is 1. The number of aryl methyl sites for hydroxylation is 1. The van der Waals surface area contributed by atoms with E-state index in [1.54, 1.807) is 12.1 Å². The van der Waals surface area contributed by atoms with Crippen LogP contribution in [0.5, 0.6) is 0 Å². The van der Waals surface area contributed by atoms with Crippen molar-refractivity contribution >= 4 is 28.3 Å². The molecule has 0 radical (unpaired) electrons. The van der Waals surface area contributed by atoms with Crippen LogP contribution in [-0.4, -0.2) is 28.2 Å². The Hall–Kier alpha value is -2.28. The SMILES string of the molecule is CCc1nnc(NC(=O)[C@H]2Cc3ccccc3C(=O)O2)s1. The second-order valence-electron chi connectivity index (χ2n) is 4.60. The highest BCUT2D eigenvalue weighted by Crippen LogP contribution is 2.22. The van der Waals surface area contributed by atoms with E-state index < -0.39 is 12.1 Å². The van der Waals surface area contributed by atoms with Crippen LogP contribution in [0.1, 0.15) is 27.9 Å². The molecule has 1 aliphatic heterocycles. The van der Waals surface area contributed by atoms with Gasteiger partial charge < -0.3 is 4.74 Å². The summed E-state index contributed by atoms with van der Waals surface area (Å²) < 4.78 is 5.19. The topological polar surface area (TPSA) is 81.2 Å². The number of cyclic esters (lactones) is 1. The predicted octanol–water partition coefficient (Wildman–Crippen LogP) is 1.82. The van der Waals surface area contributed by atoms with E-state index in [0.29, 0.717) is 17.1 Å². The number of aromatic nitrogens is 2. The molecule has 0 unspecified atom stereocenters. The molecule has 1 aromatic heterocycles. The van der Waals surface area contributed by atoms with Crippen LogP contribution in [0.4, 0.5) is 5.13 Å². The Labute approximate surface area is 125 Å². The molecule has 108 valence electrons. The standard InChI is InChI=1S/C14H13N3O3S/c1-2-11-16-17-14(21-11)15-12(18)10-7-8-5-3-4-6-9(8)13(19)20-10/h3-6,10H,2,7H2,1H3,(H,15,17,18)/t10-/m1/s1. The van der Waals surface area contributed by atoms with Gasteiger partial charge in [-0.25, -0.2) is 4.79 Å². The number of carbonyl (C=O) groups is 2. The lowest BCUT2D eigenvalue weighted by Crippen LogP contribution is -2.37. The number of fused-ring (bicyclic) bond motifs is 1. The summed E-state index contributed by atoms with van der Waals surface area (Å²) in [7, 11) is 0. The third-order valence-corrected chi connectivity index (χ3v) is 4.17. The van der Waals surface area contributed by atoms with Gasteiger partial charge in [-0.2, -0.15) is 0 Å². The summed E-state index contributed by atoms with van der Waals surface area (Å²) in [6.45, 7) is 1.96. The van der Waals surface area contributed by atoms with E-state index >= 15 is 0 Å². The smallest absolute Gasteiger partial charge is 0.339 e. The number of hydrogen-bond acceptors (Lipinski definition) is 6. The van der Waals surface area contributed by atoms with E-state index in [1.807, 2.05) is 19.1 Å². The summed E-state index contributed by atoms with van der Waals surface area (Å²) in [6, 6.07) is 7.14. The lowest BCUT2D eigenvalue weighted by Gasteiger charge is -2.23. The summed E-state index contributed by atoms with van der Waals surface area (Å²) >= 11 is 1.32. The fourth-order valence-corrected chi connectivity index (χ4v) is 2.79. The highest BCUT2D eigenvalue weighted by Gasteiger charge is 2.31. The molecular weight excluding hydrogens is 290 g/mol. The van der Waals surface area contributed by atoms with Crippen molar-refractivity contribution in [2.24, 2.45) is 0 Å². The fourth-order valence-electron chi connectivity index (χ4n) is 2.11. The van der Waals surface area contributed by atoms with Crippen LogP contribution in [-0.2, 0) is 22.4 Å².